The number of anilines is 1. The van der Waals surface area contributed by atoms with Crippen molar-refractivity contribution in [2.75, 3.05) is 5.73 Å². The minimum Gasteiger partial charge on any atom is -0.399 e. The molecule has 1 nitrogen and oxygen atoms in total. The summed E-state index contributed by atoms with van der Waals surface area (Å²) >= 11 is 0. The van der Waals surface area contributed by atoms with Crippen molar-refractivity contribution in [3.63, 3.8) is 0 Å². The molecule has 0 unspecified atom stereocenters. The van der Waals surface area contributed by atoms with Crippen LogP contribution in [0.4, 0.5) is 23.2 Å². The van der Waals surface area contributed by atoms with Gasteiger partial charge in [-0.1, -0.05) is 18.2 Å². The van der Waals surface area contributed by atoms with Gasteiger partial charge in [0.25, 0.3) is 0 Å². The molecule has 0 aliphatic carbocycles. The predicted molar refractivity (Wildman–Crippen MR) is 61.3 cm³/mol. The maximum absolute atomic E-state index is 13.1. The molecule has 0 spiro atoms. The number of alkyl halides is 3. The highest BCUT2D eigenvalue weighted by molar-refractivity contribution is 5.68. The van der Waals surface area contributed by atoms with Crippen LogP contribution in [0.3, 0.4) is 0 Å². The molecule has 2 aromatic carbocycles. The molecule has 0 radical (unpaired) electrons. The third-order valence-electron chi connectivity index (χ3n) is 2.49. The van der Waals surface area contributed by atoms with Crippen molar-refractivity contribution >= 4 is 5.69 Å². The highest BCUT2D eigenvalue weighted by Crippen LogP contribution is 2.34. The molecule has 0 saturated heterocycles. The van der Waals surface area contributed by atoms with E-state index in [1.54, 1.807) is 18.2 Å². The van der Waals surface area contributed by atoms with Crippen molar-refractivity contribution in [3.05, 3.63) is 53.8 Å². The van der Waals surface area contributed by atoms with Gasteiger partial charge in [0, 0.05) is 5.69 Å². The van der Waals surface area contributed by atoms with Crippen LogP contribution in [0, 0.1) is 5.82 Å². The summed E-state index contributed by atoms with van der Waals surface area (Å²) in [7, 11) is 0. The van der Waals surface area contributed by atoms with E-state index in [0.29, 0.717) is 11.3 Å². The van der Waals surface area contributed by atoms with Gasteiger partial charge in [-0.05, 0) is 35.4 Å². The third-order valence-corrected chi connectivity index (χ3v) is 2.49. The van der Waals surface area contributed by atoms with Gasteiger partial charge in [0.15, 0.2) is 0 Å². The molecule has 5 heteroatoms. The molecule has 0 amide bonds. The fourth-order valence-corrected chi connectivity index (χ4v) is 1.64. The average molecular weight is 255 g/mol. The van der Waals surface area contributed by atoms with E-state index in [1.165, 1.54) is 12.1 Å². The maximum Gasteiger partial charge on any atom is 0.419 e. The molecule has 0 aromatic heterocycles. The largest absolute Gasteiger partial charge is 0.419 e. The molecule has 18 heavy (non-hydrogen) atoms. The van der Waals surface area contributed by atoms with Gasteiger partial charge in [-0.15, -0.1) is 0 Å². The molecule has 0 fully saturated rings. The van der Waals surface area contributed by atoms with Crippen LogP contribution in [0.25, 0.3) is 11.1 Å². The molecule has 94 valence electrons. The van der Waals surface area contributed by atoms with Crippen LogP contribution >= 0.6 is 0 Å². The number of nitrogen functional groups attached to an aromatic ring is 1. The van der Waals surface area contributed by atoms with E-state index in [-0.39, 0.29) is 5.56 Å². The lowest BCUT2D eigenvalue weighted by molar-refractivity contribution is -0.139. The molecule has 0 heterocycles. The van der Waals surface area contributed by atoms with Gasteiger partial charge < -0.3 is 5.73 Å². The molecule has 0 atom stereocenters. The van der Waals surface area contributed by atoms with Crippen molar-refractivity contribution < 1.29 is 17.6 Å². The fraction of sp³-hybridized carbons (Fsp3) is 0.0769. The van der Waals surface area contributed by atoms with Crippen molar-refractivity contribution in [2.24, 2.45) is 0 Å². The number of halogens is 4. The Bertz CT molecular complexity index is 575. The molecular formula is C13H9F4N. The SMILES string of the molecule is Nc1cccc(-c2ccc(F)c(C(F)(F)F)c2)c1. The second-order valence-corrected chi connectivity index (χ2v) is 3.82. The Morgan fingerprint density at radius 1 is 0.889 bits per heavy atom. The smallest absolute Gasteiger partial charge is 0.399 e. The highest BCUT2D eigenvalue weighted by Gasteiger charge is 2.34. The normalized spacial score (nSPS) is 11.6. The zero-order chi connectivity index (χ0) is 13.3. The van der Waals surface area contributed by atoms with Crippen LogP contribution in [0.15, 0.2) is 42.5 Å². The second kappa shape index (κ2) is 4.33. The maximum atomic E-state index is 13.1. The van der Waals surface area contributed by atoms with Crippen molar-refractivity contribution in [3.8, 4) is 11.1 Å². The lowest BCUT2D eigenvalue weighted by atomic mass is 10.0. The van der Waals surface area contributed by atoms with E-state index in [9.17, 15) is 17.6 Å². The van der Waals surface area contributed by atoms with E-state index in [2.05, 4.69) is 0 Å². The number of hydrogen-bond donors (Lipinski definition) is 1. The topological polar surface area (TPSA) is 26.0 Å². The van der Waals surface area contributed by atoms with E-state index in [1.807, 2.05) is 0 Å². The van der Waals surface area contributed by atoms with Crippen LogP contribution in [0.2, 0.25) is 0 Å². The summed E-state index contributed by atoms with van der Waals surface area (Å²) in [5.41, 5.74) is 5.50. The van der Waals surface area contributed by atoms with Crippen LogP contribution in [-0.4, -0.2) is 0 Å². The summed E-state index contributed by atoms with van der Waals surface area (Å²) in [6.45, 7) is 0. The lowest BCUT2D eigenvalue weighted by Crippen LogP contribution is -2.08. The van der Waals surface area contributed by atoms with Gasteiger partial charge in [-0.2, -0.15) is 13.2 Å². The standard InChI is InChI=1S/C13H9F4N/c14-12-5-4-9(7-11(12)13(15,16)17)8-2-1-3-10(18)6-8/h1-7H,18H2. The molecule has 2 N–H and O–H groups in total. The first-order valence-corrected chi connectivity index (χ1v) is 5.10. The zero-order valence-corrected chi connectivity index (χ0v) is 9.13. The van der Waals surface area contributed by atoms with Gasteiger partial charge in [0.2, 0.25) is 0 Å². The minimum absolute atomic E-state index is 0.274. The average Bonchev–Trinajstić information content (AvgIpc) is 2.28. The molecule has 0 aliphatic heterocycles. The van der Waals surface area contributed by atoms with Gasteiger partial charge in [0.05, 0.1) is 5.56 Å². The Morgan fingerprint density at radius 3 is 2.17 bits per heavy atom. The predicted octanol–water partition coefficient (Wildman–Crippen LogP) is 4.09. The molecule has 0 saturated carbocycles. The Labute approximate surface area is 101 Å². The molecule has 2 rings (SSSR count). The lowest BCUT2D eigenvalue weighted by Gasteiger charge is -2.10. The molecule has 2 aromatic rings. The second-order valence-electron chi connectivity index (χ2n) is 3.82. The van der Waals surface area contributed by atoms with E-state index < -0.39 is 17.6 Å². The first kappa shape index (κ1) is 12.4. The minimum atomic E-state index is -4.71. The van der Waals surface area contributed by atoms with Crippen LogP contribution in [0.5, 0.6) is 0 Å². The van der Waals surface area contributed by atoms with Crippen molar-refractivity contribution in [1.29, 1.82) is 0 Å². The zero-order valence-electron chi connectivity index (χ0n) is 9.13. The van der Waals surface area contributed by atoms with E-state index >= 15 is 0 Å². The van der Waals surface area contributed by atoms with Crippen molar-refractivity contribution in [2.45, 2.75) is 6.18 Å². The summed E-state index contributed by atoms with van der Waals surface area (Å²) < 4.78 is 50.8. The number of rotatable bonds is 1. The number of nitrogens with two attached hydrogens (primary N) is 1. The van der Waals surface area contributed by atoms with Gasteiger partial charge in [0.1, 0.15) is 5.82 Å². The Hall–Kier alpha value is -2.04. The fourth-order valence-electron chi connectivity index (χ4n) is 1.64. The van der Waals surface area contributed by atoms with E-state index in [4.69, 9.17) is 5.73 Å². The quantitative estimate of drug-likeness (QED) is 0.602. The van der Waals surface area contributed by atoms with Gasteiger partial charge in [-0.3, -0.25) is 0 Å². The Kier molecular flexibility index (Phi) is 2.98. The highest BCUT2D eigenvalue weighted by atomic mass is 19.4. The van der Waals surface area contributed by atoms with Crippen molar-refractivity contribution in [1.82, 2.24) is 0 Å². The summed E-state index contributed by atoms with van der Waals surface area (Å²) in [6, 6.07) is 9.28. The summed E-state index contributed by atoms with van der Waals surface area (Å²) in [5, 5.41) is 0. The molecule has 0 aliphatic rings. The van der Waals surface area contributed by atoms with Crippen LogP contribution in [0.1, 0.15) is 5.56 Å². The summed E-state index contributed by atoms with van der Waals surface area (Å²) in [4.78, 5) is 0. The first-order valence-electron chi connectivity index (χ1n) is 5.10. The first-order chi connectivity index (χ1) is 8.38. The van der Waals surface area contributed by atoms with Gasteiger partial charge >= 0.3 is 6.18 Å². The molecular weight excluding hydrogens is 246 g/mol. The summed E-state index contributed by atoms with van der Waals surface area (Å²) in [5.74, 6) is -1.28. The Morgan fingerprint density at radius 2 is 1.56 bits per heavy atom. The van der Waals surface area contributed by atoms with Crippen LogP contribution < -0.4 is 5.73 Å². The monoisotopic (exact) mass is 255 g/mol. The summed E-state index contributed by atoms with van der Waals surface area (Å²) in [6.07, 6.45) is -4.71. The van der Waals surface area contributed by atoms with Crippen LogP contribution in [-0.2, 0) is 6.18 Å². The Balaban J connectivity index is 2.54. The third kappa shape index (κ3) is 2.45. The molecule has 0 bridgehead atoms. The number of benzene rings is 2. The van der Waals surface area contributed by atoms with E-state index in [0.717, 1.165) is 12.1 Å². The number of hydrogen-bond acceptors (Lipinski definition) is 1. The van der Waals surface area contributed by atoms with Gasteiger partial charge in [-0.25, -0.2) is 4.39 Å².